The van der Waals surface area contributed by atoms with Crippen LogP contribution in [0.2, 0.25) is 0 Å². The minimum atomic E-state index is -0.106. The molecular formula is C15H17NO3. The number of carbonyl (C=O) groups excluding carboxylic acids is 1. The predicted molar refractivity (Wildman–Crippen MR) is 72.3 cm³/mol. The van der Waals surface area contributed by atoms with E-state index in [1.165, 1.54) is 6.26 Å². The second kappa shape index (κ2) is 6.64. The Hall–Kier alpha value is -2.23. The topological polar surface area (TPSA) is 51.5 Å². The van der Waals surface area contributed by atoms with E-state index in [9.17, 15) is 4.79 Å². The predicted octanol–water partition coefficient (Wildman–Crippen LogP) is 2.79. The summed E-state index contributed by atoms with van der Waals surface area (Å²) < 4.78 is 10.6. The van der Waals surface area contributed by atoms with Gasteiger partial charge in [-0.3, -0.25) is 4.79 Å². The minimum Gasteiger partial charge on any atom is -0.494 e. The van der Waals surface area contributed by atoms with Gasteiger partial charge in [0.2, 0.25) is 0 Å². The molecule has 0 saturated carbocycles. The summed E-state index contributed by atoms with van der Waals surface area (Å²) in [4.78, 5) is 11.7. The second-order valence-electron chi connectivity index (χ2n) is 4.16. The number of benzene rings is 1. The molecule has 0 radical (unpaired) electrons. The largest absolute Gasteiger partial charge is 0.494 e. The molecule has 2 aromatic rings. The summed E-state index contributed by atoms with van der Waals surface area (Å²) in [5, 5.41) is 2.83. The van der Waals surface area contributed by atoms with Crippen molar-refractivity contribution in [2.24, 2.45) is 0 Å². The molecule has 100 valence electrons. The zero-order valence-corrected chi connectivity index (χ0v) is 10.9. The van der Waals surface area contributed by atoms with Gasteiger partial charge in [0.25, 0.3) is 5.91 Å². The van der Waals surface area contributed by atoms with E-state index in [-0.39, 0.29) is 5.91 Å². The summed E-state index contributed by atoms with van der Waals surface area (Å²) in [5.74, 6) is 1.38. The number of aryl methyl sites for hydroxylation is 1. The normalized spacial score (nSPS) is 10.2. The van der Waals surface area contributed by atoms with E-state index >= 15 is 0 Å². The quantitative estimate of drug-likeness (QED) is 0.811. The first-order valence-corrected chi connectivity index (χ1v) is 6.27. The van der Waals surface area contributed by atoms with Crippen LogP contribution in [-0.2, 0) is 0 Å². The fourth-order valence-corrected chi connectivity index (χ4v) is 1.70. The van der Waals surface area contributed by atoms with Crippen LogP contribution in [0.4, 0.5) is 0 Å². The van der Waals surface area contributed by atoms with Gasteiger partial charge in [0.05, 0.1) is 18.4 Å². The molecule has 1 N–H and O–H groups in total. The third-order valence-electron chi connectivity index (χ3n) is 2.72. The molecule has 0 bridgehead atoms. The van der Waals surface area contributed by atoms with Crippen LogP contribution in [0.5, 0.6) is 5.75 Å². The Kier molecular flexibility index (Phi) is 4.61. The van der Waals surface area contributed by atoms with Gasteiger partial charge in [-0.2, -0.15) is 0 Å². The Bertz CT molecular complexity index is 519. The molecule has 0 fully saturated rings. The van der Waals surface area contributed by atoms with Crippen LogP contribution in [0.25, 0.3) is 0 Å². The van der Waals surface area contributed by atoms with E-state index in [1.807, 2.05) is 30.3 Å². The van der Waals surface area contributed by atoms with Crippen molar-refractivity contribution < 1.29 is 13.9 Å². The Labute approximate surface area is 112 Å². The Morgan fingerprint density at radius 1 is 1.26 bits per heavy atom. The highest BCUT2D eigenvalue weighted by Gasteiger charge is 2.09. The van der Waals surface area contributed by atoms with Crippen LogP contribution in [0.15, 0.2) is 47.1 Å². The number of carbonyl (C=O) groups is 1. The number of hydrogen-bond acceptors (Lipinski definition) is 3. The van der Waals surface area contributed by atoms with E-state index in [2.05, 4.69) is 5.32 Å². The fraction of sp³-hybridized carbons (Fsp3) is 0.267. The molecule has 19 heavy (non-hydrogen) atoms. The summed E-state index contributed by atoms with van der Waals surface area (Å²) in [6.45, 7) is 2.93. The van der Waals surface area contributed by atoms with Crippen LogP contribution in [0.3, 0.4) is 0 Å². The zero-order chi connectivity index (χ0) is 13.5. The van der Waals surface area contributed by atoms with E-state index in [0.717, 1.165) is 12.2 Å². The summed E-state index contributed by atoms with van der Waals surface area (Å²) in [7, 11) is 0. The molecule has 4 heteroatoms. The third kappa shape index (κ3) is 3.88. The van der Waals surface area contributed by atoms with E-state index in [1.54, 1.807) is 13.0 Å². The number of amides is 1. The molecule has 1 heterocycles. The molecule has 0 aliphatic heterocycles. The van der Waals surface area contributed by atoms with Crippen molar-refractivity contribution in [2.45, 2.75) is 13.3 Å². The first kappa shape index (κ1) is 13.2. The summed E-state index contributed by atoms with van der Waals surface area (Å²) in [6.07, 6.45) is 2.28. The van der Waals surface area contributed by atoms with Crippen LogP contribution < -0.4 is 10.1 Å². The van der Waals surface area contributed by atoms with E-state index < -0.39 is 0 Å². The van der Waals surface area contributed by atoms with Crippen molar-refractivity contribution in [3.63, 3.8) is 0 Å². The SMILES string of the molecule is Cc1occc1C(=O)NCCCOc1ccccc1. The molecule has 1 amide bonds. The maximum atomic E-state index is 11.7. The van der Waals surface area contributed by atoms with Gasteiger partial charge < -0.3 is 14.5 Å². The Balaban J connectivity index is 1.65. The van der Waals surface area contributed by atoms with Crippen molar-refractivity contribution in [2.75, 3.05) is 13.2 Å². The smallest absolute Gasteiger partial charge is 0.254 e. The zero-order valence-electron chi connectivity index (χ0n) is 10.9. The molecule has 2 rings (SSSR count). The van der Waals surface area contributed by atoms with Crippen molar-refractivity contribution in [1.82, 2.24) is 5.32 Å². The Morgan fingerprint density at radius 3 is 2.74 bits per heavy atom. The second-order valence-corrected chi connectivity index (χ2v) is 4.16. The number of furan rings is 1. The van der Waals surface area contributed by atoms with Crippen molar-refractivity contribution >= 4 is 5.91 Å². The van der Waals surface area contributed by atoms with E-state index in [4.69, 9.17) is 9.15 Å². The van der Waals surface area contributed by atoms with Crippen LogP contribution in [-0.4, -0.2) is 19.1 Å². The van der Waals surface area contributed by atoms with Crippen molar-refractivity contribution in [3.05, 3.63) is 54.0 Å². The van der Waals surface area contributed by atoms with Gasteiger partial charge in [-0.05, 0) is 31.5 Å². The van der Waals surface area contributed by atoms with E-state index in [0.29, 0.717) is 24.5 Å². The maximum Gasteiger partial charge on any atom is 0.254 e. The lowest BCUT2D eigenvalue weighted by atomic mass is 10.2. The average Bonchev–Trinajstić information content (AvgIpc) is 2.86. The number of hydrogen-bond donors (Lipinski definition) is 1. The molecule has 0 saturated heterocycles. The van der Waals surface area contributed by atoms with Gasteiger partial charge in [0, 0.05) is 6.54 Å². The first-order valence-electron chi connectivity index (χ1n) is 6.27. The Morgan fingerprint density at radius 2 is 2.05 bits per heavy atom. The third-order valence-corrected chi connectivity index (χ3v) is 2.72. The highest BCUT2D eigenvalue weighted by Crippen LogP contribution is 2.09. The summed E-state index contributed by atoms with van der Waals surface area (Å²) in [6, 6.07) is 11.3. The molecule has 0 unspecified atom stereocenters. The first-order chi connectivity index (χ1) is 9.27. The van der Waals surface area contributed by atoms with Crippen LogP contribution in [0.1, 0.15) is 22.5 Å². The average molecular weight is 259 g/mol. The number of rotatable bonds is 6. The monoisotopic (exact) mass is 259 g/mol. The van der Waals surface area contributed by atoms with Gasteiger partial charge in [-0.25, -0.2) is 0 Å². The molecule has 0 aliphatic rings. The molecule has 0 spiro atoms. The van der Waals surface area contributed by atoms with Gasteiger partial charge >= 0.3 is 0 Å². The molecule has 1 aromatic carbocycles. The molecule has 0 atom stereocenters. The standard InChI is InChI=1S/C15H17NO3/c1-12-14(8-11-18-12)15(17)16-9-5-10-19-13-6-3-2-4-7-13/h2-4,6-8,11H,5,9-10H2,1H3,(H,16,17). The molecule has 0 aliphatic carbocycles. The lowest BCUT2D eigenvalue weighted by Crippen LogP contribution is -2.25. The van der Waals surface area contributed by atoms with Crippen molar-refractivity contribution in [3.8, 4) is 5.75 Å². The lowest BCUT2D eigenvalue weighted by molar-refractivity contribution is 0.0950. The highest BCUT2D eigenvalue weighted by molar-refractivity contribution is 5.94. The summed E-state index contributed by atoms with van der Waals surface area (Å²) in [5.41, 5.74) is 0.587. The van der Waals surface area contributed by atoms with Crippen LogP contribution in [0, 0.1) is 6.92 Å². The summed E-state index contributed by atoms with van der Waals surface area (Å²) >= 11 is 0. The molecular weight excluding hydrogens is 242 g/mol. The van der Waals surface area contributed by atoms with Crippen LogP contribution >= 0.6 is 0 Å². The highest BCUT2D eigenvalue weighted by atomic mass is 16.5. The number of ether oxygens (including phenoxy) is 1. The van der Waals surface area contributed by atoms with Crippen molar-refractivity contribution in [1.29, 1.82) is 0 Å². The number of para-hydroxylation sites is 1. The molecule has 4 nitrogen and oxygen atoms in total. The van der Waals surface area contributed by atoms with Gasteiger partial charge in [-0.1, -0.05) is 18.2 Å². The van der Waals surface area contributed by atoms with Gasteiger partial charge in [0.1, 0.15) is 11.5 Å². The minimum absolute atomic E-state index is 0.106. The fourth-order valence-electron chi connectivity index (χ4n) is 1.70. The maximum absolute atomic E-state index is 11.7. The van der Waals surface area contributed by atoms with Gasteiger partial charge in [-0.15, -0.1) is 0 Å². The number of nitrogens with one attached hydrogen (secondary N) is 1. The lowest BCUT2D eigenvalue weighted by Gasteiger charge is -2.06. The molecule has 1 aromatic heterocycles. The van der Waals surface area contributed by atoms with Gasteiger partial charge in [0.15, 0.2) is 0 Å².